The average molecular weight is 277 g/mol. The Morgan fingerprint density at radius 2 is 2.00 bits per heavy atom. The standard InChI is InChI=1S/C13H15N3O4/c1-8-6-12(16-20-8)15-13(17)14-10-7-9(18-2)4-5-11(10)19-3/h4-7H,1-3H3,(H2,14,15,16,17). The Balaban J connectivity index is 2.10. The predicted octanol–water partition coefficient (Wildman–Crippen LogP) is 2.64. The summed E-state index contributed by atoms with van der Waals surface area (Å²) >= 11 is 0. The number of benzene rings is 1. The maximum absolute atomic E-state index is 11.9. The normalized spacial score (nSPS) is 9.95. The lowest BCUT2D eigenvalue weighted by Crippen LogP contribution is -2.20. The van der Waals surface area contributed by atoms with Gasteiger partial charge in [0.05, 0.1) is 19.9 Å². The maximum atomic E-state index is 11.9. The summed E-state index contributed by atoms with van der Waals surface area (Å²) in [6, 6.07) is 6.26. The molecule has 0 spiro atoms. The van der Waals surface area contributed by atoms with Crippen LogP contribution in [-0.4, -0.2) is 25.4 Å². The molecule has 7 heteroatoms. The number of aryl methyl sites for hydroxylation is 1. The molecule has 106 valence electrons. The molecule has 1 heterocycles. The second-order valence-electron chi connectivity index (χ2n) is 3.97. The third-order valence-electron chi connectivity index (χ3n) is 2.52. The third kappa shape index (κ3) is 3.19. The van der Waals surface area contributed by atoms with Crippen LogP contribution >= 0.6 is 0 Å². The van der Waals surface area contributed by atoms with Gasteiger partial charge in [0.15, 0.2) is 5.82 Å². The summed E-state index contributed by atoms with van der Waals surface area (Å²) in [6.45, 7) is 1.74. The summed E-state index contributed by atoms with van der Waals surface area (Å²) in [4.78, 5) is 11.9. The van der Waals surface area contributed by atoms with Crippen LogP contribution in [-0.2, 0) is 0 Å². The van der Waals surface area contributed by atoms with E-state index in [2.05, 4.69) is 15.8 Å². The molecular formula is C13H15N3O4. The van der Waals surface area contributed by atoms with E-state index in [-0.39, 0.29) is 0 Å². The number of amides is 2. The van der Waals surface area contributed by atoms with Crippen molar-refractivity contribution in [2.75, 3.05) is 24.9 Å². The largest absolute Gasteiger partial charge is 0.497 e. The molecule has 2 aromatic rings. The van der Waals surface area contributed by atoms with E-state index in [0.29, 0.717) is 28.8 Å². The second-order valence-corrected chi connectivity index (χ2v) is 3.97. The molecular weight excluding hydrogens is 262 g/mol. The molecule has 0 aliphatic carbocycles. The Morgan fingerprint density at radius 3 is 2.60 bits per heavy atom. The van der Waals surface area contributed by atoms with Gasteiger partial charge in [-0.2, -0.15) is 0 Å². The number of urea groups is 1. The number of nitrogens with one attached hydrogen (secondary N) is 2. The van der Waals surface area contributed by atoms with Crippen molar-refractivity contribution in [3.8, 4) is 11.5 Å². The first-order chi connectivity index (χ1) is 9.62. The van der Waals surface area contributed by atoms with Crippen molar-refractivity contribution in [1.29, 1.82) is 0 Å². The number of ether oxygens (including phenoxy) is 2. The van der Waals surface area contributed by atoms with Gasteiger partial charge in [0.25, 0.3) is 0 Å². The van der Waals surface area contributed by atoms with Gasteiger partial charge in [-0.25, -0.2) is 4.79 Å². The zero-order valence-electron chi connectivity index (χ0n) is 11.4. The first kappa shape index (κ1) is 13.7. The first-order valence-corrected chi connectivity index (χ1v) is 5.85. The van der Waals surface area contributed by atoms with Crippen LogP contribution in [0.15, 0.2) is 28.8 Å². The topological polar surface area (TPSA) is 85.6 Å². The van der Waals surface area contributed by atoms with Crippen LogP contribution in [0.1, 0.15) is 5.76 Å². The molecule has 0 atom stereocenters. The zero-order valence-corrected chi connectivity index (χ0v) is 11.4. The van der Waals surface area contributed by atoms with E-state index in [1.165, 1.54) is 7.11 Å². The fourth-order valence-electron chi connectivity index (χ4n) is 1.61. The number of hydrogen-bond acceptors (Lipinski definition) is 5. The number of aromatic nitrogens is 1. The molecule has 0 fully saturated rings. The van der Waals surface area contributed by atoms with Crippen molar-refractivity contribution in [2.24, 2.45) is 0 Å². The summed E-state index contributed by atoms with van der Waals surface area (Å²) in [5.74, 6) is 2.08. The molecule has 0 saturated carbocycles. The highest BCUT2D eigenvalue weighted by molar-refractivity contribution is 6.00. The minimum absolute atomic E-state index is 0.335. The zero-order chi connectivity index (χ0) is 14.5. The van der Waals surface area contributed by atoms with Crippen LogP contribution in [0, 0.1) is 6.92 Å². The summed E-state index contributed by atoms with van der Waals surface area (Å²) in [5, 5.41) is 8.88. The SMILES string of the molecule is COc1ccc(OC)c(NC(=O)Nc2cc(C)on2)c1. The Labute approximate surface area is 115 Å². The Bertz CT molecular complexity index is 609. The van der Waals surface area contributed by atoms with Gasteiger partial charge < -0.3 is 19.3 Å². The van der Waals surface area contributed by atoms with Crippen LogP contribution in [0.2, 0.25) is 0 Å². The highest BCUT2D eigenvalue weighted by atomic mass is 16.5. The van der Waals surface area contributed by atoms with E-state index in [1.54, 1.807) is 38.3 Å². The van der Waals surface area contributed by atoms with Crippen molar-refractivity contribution in [1.82, 2.24) is 5.16 Å². The monoisotopic (exact) mass is 277 g/mol. The molecule has 0 saturated heterocycles. The molecule has 20 heavy (non-hydrogen) atoms. The number of carbonyl (C=O) groups is 1. The molecule has 0 aliphatic rings. The van der Waals surface area contributed by atoms with Crippen molar-refractivity contribution >= 4 is 17.5 Å². The van der Waals surface area contributed by atoms with Gasteiger partial charge in [0, 0.05) is 12.1 Å². The highest BCUT2D eigenvalue weighted by Gasteiger charge is 2.10. The van der Waals surface area contributed by atoms with Crippen molar-refractivity contribution in [3.63, 3.8) is 0 Å². The Morgan fingerprint density at radius 1 is 1.20 bits per heavy atom. The van der Waals surface area contributed by atoms with E-state index in [1.807, 2.05) is 0 Å². The number of hydrogen-bond donors (Lipinski definition) is 2. The number of rotatable bonds is 4. The van der Waals surface area contributed by atoms with Gasteiger partial charge in [-0.3, -0.25) is 5.32 Å². The van der Waals surface area contributed by atoms with Crippen LogP contribution in [0.25, 0.3) is 0 Å². The van der Waals surface area contributed by atoms with Gasteiger partial charge in [0.1, 0.15) is 17.3 Å². The number of nitrogens with zero attached hydrogens (tertiary/aromatic N) is 1. The molecule has 7 nitrogen and oxygen atoms in total. The first-order valence-electron chi connectivity index (χ1n) is 5.85. The van der Waals surface area contributed by atoms with Gasteiger partial charge in [0.2, 0.25) is 0 Å². The lowest BCUT2D eigenvalue weighted by molar-refractivity contribution is 0.261. The van der Waals surface area contributed by atoms with Gasteiger partial charge >= 0.3 is 6.03 Å². The van der Waals surface area contributed by atoms with Crippen LogP contribution < -0.4 is 20.1 Å². The summed E-state index contributed by atoms with van der Waals surface area (Å²) in [6.07, 6.45) is 0. The number of anilines is 2. The third-order valence-corrected chi connectivity index (χ3v) is 2.52. The fourth-order valence-corrected chi connectivity index (χ4v) is 1.61. The average Bonchev–Trinajstić information content (AvgIpc) is 2.83. The Hall–Kier alpha value is -2.70. The van der Waals surface area contributed by atoms with E-state index >= 15 is 0 Å². The molecule has 2 amide bonds. The molecule has 1 aromatic carbocycles. The van der Waals surface area contributed by atoms with Gasteiger partial charge in [-0.15, -0.1) is 0 Å². The van der Waals surface area contributed by atoms with Crippen molar-refractivity contribution < 1.29 is 18.8 Å². The van der Waals surface area contributed by atoms with Crippen molar-refractivity contribution in [2.45, 2.75) is 6.92 Å². The van der Waals surface area contributed by atoms with Crippen LogP contribution in [0.4, 0.5) is 16.3 Å². The summed E-state index contributed by atoms with van der Waals surface area (Å²) in [7, 11) is 3.07. The van der Waals surface area contributed by atoms with Crippen LogP contribution in [0.3, 0.4) is 0 Å². The molecule has 0 unspecified atom stereocenters. The molecule has 0 radical (unpaired) electrons. The van der Waals surface area contributed by atoms with Crippen LogP contribution in [0.5, 0.6) is 11.5 Å². The molecule has 0 aliphatic heterocycles. The minimum atomic E-state index is -0.454. The number of methoxy groups -OCH3 is 2. The van der Waals surface area contributed by atoms with E-state index in [9.17, 15) is 4.79 Å². The minimum Gasteiger partial charge on any atom is -0.497 e. The maximum Gasteiger partial charge on any atom is 0.325 e. The lowest BCUT2D eigenvalue weighted by Gasteiger charge is -2.11. The molecule has 2 rings (SSSR count). The predicted molar refractivity (Wildman–Crippen MR) is 73.4 cm³/mol. The second kappa shape index (κ2) is 5.96. The quantitative estimate of drug-likeness (QED) is 0.897. The number of carbonyl (C=O) groups excluding carboxylic acids is 1. The Kier molecular flexibility index (Phi) is 4.09. The molecule has 2 N–H and O–H groups in total. The fraction of sp³-hybridized carbons (Fsp3) is 0.231. The van der Waals surface area contributed by atoms with E-state index in [0.717, 1.165) is 0 Å². The summed E-state index contributed by atoms with van der Waals surface area (Å²) in [5.41, 5.74) is 0.490. The van der Waals surface area contributed by atoms with Gasteiger partial charge in [-0.1, -0.05) is 5.16 Å². The highest BCUT2D eigenvalue weighted by Crippen LogP contribution is 2.28. The van der Waals surface area contributed by atoms with Gasteiger partial charge in [-0.05, 0) is 19.1 Å². The van der Waals surface area contributed by atoms with E-state index < -0.39 is 6.03 Å². The van der Waals surface area contributed by atoms with Crippen molar-refractivity contribution in [3.05, 3.63) is 30.0 Å². The summed E-state index contributed by atoms with van der Waals surface area (Å²) < 4.78 is 15.1. The molecule has 0 bridgehead atoms. The molecule has 1 aromatic heterocycles. The van der Waals surface area contributed by atoms with E-state index in [4.69, 9.17) is 14.0 Å². The smallest absolute Gasteiger partial charge is 0.325 e. The lowest BCUT2D eigenvalue weighted by atomic mass is 10.2.